The first-order chi connectivity index (χ1) is 12.0. The molecule has 7 heteroatoms. The molecule has 0 fully saturated rings. The number of nitrogens with one attached hydrogen (secondary N) is 1. The average molecular weight is 475 g/mol. The fourth-order valence-corrected chi connectivity index (χ4v) is 2.42. The highest BCUT2D eigenvalue weighted by atomic mass is 127. The van der Waals surface area contributed by atoms with Gasteiger partial charge in [0.1, 0.15) is 17.4 Å². The number of halogens is 3. The van der Waals surface area contributed by atoms with Crippen LogP contribution in [0, 0.1) is 11.6 Å². The summed E-state index contributed by atoms with van der Waals surface area (Å²) in [4.78, 5) is 4.23. The van der Waals surface area contributed by atoms with Gasteiger partial charge in [-0.2, -0.15) is 0 Å². The van der Waals surface area contributed by atoms with Crippen LogP contribution in [0.2, 0.25) is 0 Å². The summed E-state index contributed by atoms with van der Waals surface area (Å²) in [6.45, 7) is 2.79. The minimum absolute atomic E-state index is 0. The molecule has 2 aromatic carbocycles. The van der Waals surface area contributed by atoms with Crippen LogP contribution in [0.15, 0.2) is 47.5 Å². The number of nitrogens with zero attached hydrogens (tertiary/aromatic N) is 1. The predicted molar refractivity (Wildman–Crippen MR) is 111 cm³/mol. The normalized spacial score (nSPS) is 12.2. The second-order valence-electron chi connectivity index (χ2n) is 5.82. The largest absolute Gasteiger partial charge is 0.497 e. The Hall–Kier alpha value is -1.90. The van der Waals surface area contributed by atoms with E-state index in [1.807, 2.05) is 31.2 Å². The van der Waals surface area contributed by atoms with Gasteiger partial charge in [-0.1, -0.05) is 25.1 Å². The minimum Gasteiger partial charge on any atom is -0.497 e. The Morgan fingerprint density at radius 3 is 2.50 bits per heavy atom. The van der Waals surface area contributed by atoms with E-state index < -0.39 is 11.6 Å². The Bertz CT molecular complexity index is 723. The van der Waals surface area contributed by atoms with Gasteiger partial charge >= 0.3 is 0 Å². The molecule has 2 rings (SSSR count). The van der Waals surface area contributed by atoms with Crippen LogP contribution >= 0.6 is 24.0 Å². The number of aliphatic imine (C=N–C) groups is 1. The van der Waals surface area contributed by atoms with Crippen molar-refractivity contribution in [1.29, 1.82) is 0 Å². The molecule has 0 aliphatic rings. The number of benzene rings is 2. The monoisotopic (exact) mass is 475 g/mol. The van der Waals surface area contributed by atoms with Gasteiger partial charge in [0, 0.05) is 25.1 Å². The summed E-state index contributed by atoms with van der Waals surface area (Å²) in [5.41, 5.74) is 7.42. The average Bonchev–Trinajstić information content (AvgIpc) is 2.60. The van der Waals surface area contributed by atoms with Gasteiger partial charge in [0.25, 0.3) is 0 Å². The lowest BCUT2D eigenvalue weighted by Crippen LogP contribution is -2.33. The van der Waals surface area contributed by atoms with E-state index in [9.17, 15) is 8.78 Å². The molecule has 0 saturated heterocycles. The van der Waals surface area contributed by atoms with Crippen LogP contribution in [0.25, 0.3) is 0 Å². The minimum atomic E-state index is -0.586. The number of rotatable bonds is 7. The van der Waals surface area contributed by atoms with Gasteiger partial charge in [0.2, 0.25) is 0 Å². The van der Waals surface area contributed by atoms with E-state index in [0.717, 1.165) is 23.8 Å². The number of methoxy groups -OCH3 is 1. The molecule has 1 atom stereocenters. The summed E-state index contributed by atoms with van der Waals surface area (Å²) in [7, 11) is 1.63. The van der Waals surface area contributed by atoms with Gasteiger partial charge in [0.05, 0.1) is 7.11 Å². The highest BCUT2D eigenvalue weighted by Crippen LogP contribution is 2.20. The predicted octanol–water partition coefficient (Wildman–Crippen LogP) is 3.84. The highest BCUT2D eigenvalue weighted by Gasteiger charge is 2.11. The van der Waals surface area contributed by atoms with Gasteiger partial charge in [-0.05, 0) is 35.7 Å². The van der Waals surface area contributed by atoms with Gasteiger partial charge in [-0.15, -0.1) is 24.0 Å². The Balaban J connectivity index is 0.00000338. The molecular weight excluding hydrogens is 451 g/mol. The zero-order valence-electron chi connectivity index (χ0n) is 14.8. The zero-order valence-corrected chi connectivity index (χ0v) is 17.2. The van der Waals surface area contributed by atoms with Crippen LogP contribution in [0.1, 0.15) is 24.0 Å². The second kappa shape index (κ2) is 10.9. The summed E-state index contributed by atoms with van der Waals surface area (Å²) < 4.78 is 31.8. The lowest BCUT2D eigenvalue weighted by molar-refractivity contribution is 0.414. The van der Waals surface area contributed by atoms with Crippen molar-refractivity contribution >= 4 is 29.9 Å². The Labute approximate surface area is 169 Å². The second-order valence-corrected chi connectivity index (χ2v) is 5.82. The number of ether oxygens (including phenoxy) is 1. The molecule has 0 amide bonds. The number of guanidine groups is 1. The van der Waals surface area contributed by atoms with Crippen molar-refractivity contribution in [3.63, 3.8) is 0 Å². The zero-order chi connectivity index (χ0) is 18.2. The van der Waals surface area contributed by atoms with Gasteiger partial charge in [0.15, 0.2) is 5.96 Å². The maximum Gasteiger partial charge on any atom is 0.188 e. The van der Waals surface area contributed by atoms with Crippen LogP contribution in [0.3, 0.4) is 0 Å². The Morgan fingerprint density at radius 2 is 1.88 bits per heavy atom. The summed E-state index contributed by atoms with van der Waals surface area (Å²) >= 11 is 0. The van der Waals surface area contributed by atoms with Crippen molar-refractivity contribution in [2.24, 2.45) is 10.7 Å². The molecule has 0 aromatic heterocycles. The molecule has 142 valence electrons. The van der Waals surface area contributed by atoms with Gasteiger partial charge < -0.3 is 15.8 Å². The quantitative estimate of drug-likeness (QED) is 0.364. The van der Waals surface area contributed by atoms with E-state index in [2.05, 4.69) is 10.3 Å². The third-order valence-electron chi connectivity index (χ3n) is 3.91. The number of hydrogen-bond donors (Lipinski definition) is 2. The van der Waals surface area contributed by atoms with Crippen molar-refractivity contribution < 1.29 is 13.5 Å². The lowest BCUT2D eigenvalue weighted by Gasteiger charge is -2.11. The molecule has 26 heavy (non-hydrogen) atoms. The van der Waals surface area contributed by atoms with Crippen LogP contribution in [0.4, 0.5) is 8.78 Å². The molecule has 0 aliphatic carbocycles. The van der Waals surface area contributed by atoms with Crippen LogP contribution in [-0.4, -0.2) is 26.2 Å². The first-order valence-corrected chi connectivity index (χ1v) is 8.11. The van der Waals surface area contributed by atoms with Crippen molar-refractivity contribution in [2.75, 3.05) is 20.2 Å². The highest BCUT2D eigenvalue weighted by molar-refractivity contribution is 14.0. The molecule has 0 spiro atoms. The van der Waals surface area contributed by atoms with E-state index in [1.165, 1.54) is 12.1 Å². The third-order valence-corrected chi connectivity index (χ3v) is 3.91. The molecule has 0 bridgehead atoms. The van der Waals surface area contributed by atoms with Crippen molar-refractivity contribution in [3.8, 4) is 5.75 Å². The SMILES string of the molecule is COc1ccc(CCNC(N)=NCC(C)c2ccc(F)cc2F)cc1.I. The smallest absolute Gasteiger partial charge is 0.188 e. The summed E-state index contributed by atoms with van der Waals surface area (Å²) in [6, 6.07) is 11.4. The molecule has 0 saturated carbocycles. The fraction of sp³-hybridized carbons (Fsp3) is 0.316. The maximum absolute atomic E-state index is 13.7. The molecule has 4 nitrogen and oxygen atoms in total. The van der Waals surface area contributed by atoms with E-state index in [-0.39, 0.29) is 29.9 Å². The standard InChI is InChI=1S/C19H23F2N3O.HI/c1-13(17-8-5-15(20)11-18(17)21)12-24-19(22)23-10-9-14-3-6-16(25-2)7-4-14;/h3-8,11,13H,9-10,12H2,1-2H3,(H3,22,23,24);1H. The molecule has 3 N–H and O–H groups in total. The first kappa shape index (κ1) is 22.1. The Morgan fingerprint density at radius 1 is 1.19 bits per heavy atom. The van der Waals surface area contributed by atoms with Gasteiger partial charge in [-0.3, -0.25) is 4.99 Å². The van der Waals surface area contributed by atoms with E-state index >= 15 is 0 Å². The Kier molecular flexibility index (Phi) is 9.32. The number of hydrogen-bond acceptors (Lipinski definition) is 2. The summed E-state index contributed by atoms with van der Waals surface area (Å²) in [5, 5.41) is 3.03. The maximum atomic E-state index is 13.7. The summed E-state index contributed by atoms with van der Waals surface area (Å²) in [5.74, 6) is -0.212. The number of nitrogens with two attached hydrogens (primary N) is 1. The van der Waals surface area contributed by atoms with Crippen molar-refractivity contribution in [3.05, 3.63) is 65.2 Å². The van der Waals surface area contributed by atoms with Crippen LogP contribution in [-0.2, 0) is 6.42 Å². The van der Waals surface area contributed by atoms with Gasteiger partial charge in [-0.25, -0.2) is 8.78 Å². The van der Waals surface area contributed by atoms with Crippen LogP contribution in [0.5, 0.6) is 5.75 Å². The molecule has 0 heterocycles. The van der Waals surface area contributed by atoms with E-state index in [0.29, 0.717) is 24.6 Å². The topological polar surface area (TPSA) is 59.6 Å². The van der Waals surface area contributed by atoms with Crippen molar-refractivity contribution in [1.82, 2.24) is 5.32 Å². The lowest BCUT2D eigenvalue weighted by atomic mass is 10.0. The van der Waals surface area contributed by atoms with E-state index in [4.69, 9.17) is 10.5 Å². The fourth-order valence-electron chi connectivity index (χ4n) is 2.42. The molecular formula is C19H24F2IN3O. The van der Waals surface area contributed by atoms with Crippen LogP contribution < -0.4 is 15.8 Å². The molecule has 2 aromatic rings. The van der Waals surface area contributed by atoms with Crippen molar-refractivity contribution in [2.45, 2.75) is 19.3 Å². The molecule has 0 aliphatic heterocycles. The third kappa shape index (κ3) is 6.78. The summed E-state index contributed by atoms with van der Waals surface area (Å²) in [6.07, 6.45) is 0.794. The first-order valence-electron chi connectivity index (χ1n) is 8.11. The molecule has 1 unspecified atom stereocenters. The van der Waals surface area contributed by atoms with E-state index in [1.54, 1.807) is 7.11 Å². The molecule has 0 radical (unpaired) electrons.